The fourth-order valence-corrected chi connectivity index (χ4v) is 3.90. The molecule has 4 heterocycles. The van der Waals surface area contributed by atoms with E-state index in [4.69, 9.17) is 30.0 Å². The number of hydrogen-bond donors (Lipinski definition) is 1. The van der Waals surface area contributed by atoms with E-state index in [0.29, 0.717) is 17.8 Å². The van der Waals surface area contributed by atoms with Gasteiger partial charge < -0.3 is 19.9 Å². The molecule has 0 aromatic carbocycles. The lowest BCUT2D eigenvalue weighted by atomic mass is 9.98. The third-order valence-electron chi connectivity index (χ3n) is 4.64. The fourth-order valence-electron chi connectivity index (χ4n) is 3.50. The molecule has 0 saturated carbocycles. The lowest BCUT2D eigenvalue weighted by Crippen LogP contribution is -2.43. The summed E-state index contributed by atoms with van der Waals surface area (Å²) in [5, 5.41) is 3.84. The van der Waals surface area contributed by atoms with Gasteiger partial charge in [-0.2, -0.15) is 9.97 Å². The summed E-state index contributed by atoms with van der Waals surface area (Å²) in [6, 6.07) is -0.666. The van der Waals surface area contributed by atoms with Crippen molar-refractivity contribution < 1.29 is 23.3 Å². The second-order valence-electron chi connectivity index (χ2n) is 6.36. The number of nitrogens with two attached hydrogens (primary N) is 1. The van der Waals surface area contributed by atoms with Gasteiger partial charge >= 0.3 is 8.03 Å². The van der Waals surface area contributed by atoms with Gasteiger partial charge in [0.05, 0.1) is 19.5 Å². The van der Waals surface area contributed by atoms with E-state index in [1.165, 1.54) is 13.0 Å². The van der Waals surface area contributed by atoms with Crippen LogP contribution in [0.25, 0.3) is 21.6 Å². The lowest BCUT2D eigenvalue weighted by molar-refractivity contribution is -0.179. The summed E-state index contributed by atoms with van der Waals surface area (Å²) in [5.41, 5.74) is 14.5. The predicted molar refractivity (Wildman–Crippen MR) is 95.9 cm³/mol. The first-order valence-electron chi connectivity index (χ1n) is 8.49. The number of nitrogen functional groups attached to an aromatic ring is 1. The summed E-state index contributed by atoms with van der Waals surface area (Å²) in [7, 11) is -1.86. The second kappa shape index (κ2) is 7.12. The minimum absolute atomic E-state index is 0.0226. The van der Waals surface area contributed by atoms with Crippen molar-refractivity contribution in [1.82, 2.24) is 19.5 Å². The number of azide groups is 1. The van der Waals surface area contributed by atoms with Gasteiger partial charge in [-0.3, -0.25) is 4.57 Å². The van der Waals surface area contributed by atoms with E-state index in [0.717, 1.165) is 0 Å². The zero-order chi connectivity index (χ0) is 19.9. The molecule has 2 saturated heterocycles. The van der Waals surface area contributed by atoms with Crippen molar-refractivity contribution in [3.05, 3.63) is 16.8 Å². The zero-order valence-electron chi connectivity index (χ0n) is 15.1. The Bertz CT molecular complexity index is 978. The number of hydrogen-bond acceptors (Lipinski definition) is 10. The molecule has 2 fully saturated rings. The van der Waals surface area contributed by atoms with Crippen LogP contribution < -0.4 is 10.5 Å². The van der Waals surface area contributed by atoms with Crippen LogP contribution in [0.3, 0.4) is 0 Å². The molecule has 4 rings (SSSR count). The van der Waals surface area contributed by atoms with Crippen molar-refractivity contribution in [2.45, 2.75) is 30.9 Å². The van der Waals surface area contributed by atoms with Crippen LogP contribution in [0.5, 0.6) is 5.88 Å². The van der Waals surface area contributed by atoms with Crippen molar-refractivity contribution in [2.24, 2.45) is 5.11 Å². The predicted octanol–water partition coefficient (Wildman–Crippen LogP) is 1.54. The Labute approximate surface area is 159 Å². The largest absolute Gasteiger partial charge is 0.504 e. The van der Waals surface area contributed by atoms with E-state index in [-0.39, 0.29) is 25.0 Å². The first-order valence-corrected chi connectivity index (χ1v) is 10.1. The molecule has 2 bridgehead atoms. The maximum atomic E-state index is 11.4. The average molecular weight is 409 g/mol. The van der Waals surface area contributed by atoms with Crippen LogP contribution in [-0.4, -0.2) is 63.8 Å². The maximum Gasteiger partial charge on any atom is 0.504 e. The highest BCUT2D eigenvalue weighted by atomic mass is 31.1. The van der Waals surface area contributed by atoms with Gasteiger partial charge in [-0.1, -0.05) is 5.11 Å². The number of imidazole rings is 1. The van der Waals surface area contributed by atoms with Gasteiger partial charge in [0.1, 0.15) is 24.4 Å². The molecule has 2 aromatic rings. The van der Waals surface area contributed by atoms with Gasteiger partial charge in [-0.25, -0.2) is 4.98 Å². The lowest BCUT2D eigenvalue weighted by Gasteiger charge is -2.29. The Morgan fingerprint density at radius 1 is 1.57 bits per heavy atom. The Morgan fingerprint density at radius 3 is 3.11 bits per heavy atom. The quantitative estimate of drug-likeness (QED) is 0.308. The molecule has 28 heavy (non-hydrogen) atoms. The van der Waals surface area contributed by atoms with Crippen LogP contribution >= 0.6 is 8.03 Å². The van der Waals surface area contributed by atoms with Gasteiger partial charge in [0.2, 0.25) is 11.8 Å². The Hall–Kier alpha value is -2.56. The van der Waals surface area contributed by atoms with Crippen molar-refractivity contribution in [2.75, 3.05) is 32.2 Å². The first-order chi connectivity index (χ1) is 13.5. The monoisotopic (exact) mass is 409 g/mol. The van der Waals surface area contributed by atoms with E-state index in [2.05, 4.69) is 25.0 Å². The topological polar surface area (TPSA) is 172 Å². The van der Waals surface area contributed by atoms with Gasteiger partial charge in [-0.05, 0) is 17.0 Å². The van der Waals surface area contributed by atoms with Crippen LogP contribution in [0, 0.1) is 0 Å². The van der Waals surface area contributed by atoms with Gasteiger partial charge in [0.25, 0.3) is 0 Å². The Kier molecular flexibility index (Phi) is 4.77. The van der Waals surface area contributed by atoms with Crippen molar-refractivity contribution in [3.8, 4) is 5.88 Å². The standard InChI is InChI=1S/C14H18N8O5P/c1-3-24-11-7-10(18-13(15)19-11)22(6-17-7)12-8-9(20-21-16)14(27-12,4-25-8)5-26-28(2)23/h6,8-9,12H,3-5H2,1-2H3,(H2,15,18,19)/q+1/t8-,9+,12-,14-/m1/s1. The van der Waals surface area contributed by atoms with Crippen LogP contribution in [0.1, 0.15) is 13.2 Å². The molecule has 2 aliphatic heterocycles. The normalized spacial score (nSPS) is 29.1. The third-order valence-corrected chi connectivity index (χ3v) is 5.13. The number of aromatic nitrogens is 4. The number of fused-ring (bicyclic) bond motifs is 3. The van der Waals surface area contributed by atoms with E-state index >= 15 is 0 Å². The molecule has 2 N–H and O–H groups in total. The molecule has 14 heteroatoms. The van der Waals surface area contributed by atoms with Crippen molar-refractivity contribution in [1.29, 1.82) is 0 Å². The first kappa shape index (κ1) is 18.8. The van der Waals surface area contributed by atoms with E-state index in [1.807, 2.05) is 6.92 Å². The zero-order valence-corrected chi connectivity index (χ0v) is 16.0. The molecular weight excluding hydrogens is 391 g/mol. The van der Waals surface area contributed by atoms with Gasteiger partial charge in [0, 0.05) is 4.91 Å². The maximum absolute atomic E-state index is 11.4. The Balaban J connectivity index is 1.74. The highest BCUT2D eigenvalue weighted by molar-refractivity contribution is 7.38. The summed E-state index contributed by atoms with van der Waals surface area (Å²) < 4.78 is 35.8. The van der Waals surface area contributed by atoms with Gasteiger partial charge in [0.15, 0.2) is 24.1 Å². The highest BCUT2D eigenvalue weighted by Crippen LogP contribution is 2.48. The Morgan fingerprint density at radius 2 is 2.39 bits per heavy atom. The van der Waals surface area contributed by atoms with Crippen LogP contribution in [0.15, 0.2) is 11.4 Å². The molecule has 13 nitrogen and oxygen atoms in total. The van der Waals surface area contributed by atoms with E-state index in [9.17, 15) is 4.57 Å². The molecule has 0 radical (unpaired) electrons. The van der Waals surface area contributed by atoms with E-state index < -0.39 is 32.0 Å². The minimum Gasteiger partial charge on any atom is -0.476 e. The molecule has 2 aromatic heterocycles. The number of nitrogens with zero attached hydrogens (tertiary/aromatic N) is 7. The molecule has 0 amide bonds. The summed E-state index contributed by atoms with van der Waals surface area (Å²) >= 11 is 0. The van der Waals surface area contributed by atoms with Crippen molar-refractivity contribution >= 4 is 25.1 Å². The molecule has 5 atom stereocenters. The molecule has 0 aliphatic carbocycles. The summed E-state index contributed by atoms with van der Waals surface area (Å²) in [6.07, 6.45) is 0.215. The number of rotatable bonds is 7. The van der Waals surface area contributed by atoms with Crippen LogP contribution in [-0.2, 0) is 18.6 Å². The van der Waals surface area contributed by atoms with Gasteiger partial charge in [-0.15, -0.1) is 4.52 Å². The molecule has 2 aliphatic rings. The van der Waals surface area contributed by atoms with Crippen LogP contribution in [0.4, 0.5) is 5.95 Å². The average Bonchev–Trinajstić information content (AvgIpc) is 3.31. The SMILES string of the molecule is CCOc1nc(N)nc2c1ncn2[C@@H]1O[C@@]2(CO[P+](C)=O)CO[C@@H]1[C@@H]2N=[N+]=[N-]. The molecule has 1 unspecified atom stereocenters. The number of anilines is 1. The second-order valence-corrected chi connectivity index (χ2v) is 7.49. The van der Waals surface area contributed by atoms with E-state index in [1.54, 1.807) is 4.57 Å². The summed E-state index contributed by atoms with van der Waals surface area (Å²) in [6.45, 7) is 3.75. The van der Waals surface area contributed by atoms with Crippen LogP contribution in [0.2, 0.25) is 0 Å². The molecule has 0 spiro atoms. The number of ether oxygens (including phenoxy) is 3. The highest BCUT2D eigenvalue weighted by Gasteiger charge is 2.63. The molecular formula is C14H18N8O5P+. The fraction of sp³-hybridized carbons (Fsp3) is 0.643. The third kappa shape index (κ3) is 2.93. The minimum atomic E-state index is -1.86. The smallest absolute Gasteiger partial charge is 0.476 e. The van der Waals surface area contributed by atoms with Crippen molar-refractivity contribution in [3.63, 3.8) is 0 Å². The summed E-state index contributed by atoms with van der Waals surface area (Å²) in [4.78, 5) is 15.5. The summed E-state index contributed by atoms with van der Waals surface area (Å²) in [5.74, 6) is 0.287. The molecule has 148 valence electrons.